The highest BCUT2D eigenvalue weighted by molar-refractivity contribution is 5.94. The average molecular weight is 433 g/mol. The number of carbonyl (C=O) groups excluding carboxylic acids is 1. The minimum absolute atomic E-state index is 0.0159. The Morgan fingerprint density at radius 3 is 2.42 bits per heavy atom. The van der Waals surface area contributed by atoms with Crippen LogP contribution in [0.15, 0.2) is 60.8 Å². The predicted molar refractivity (Wildman–Crippen MR) is 107 cm³/mol. The van der Waals surface area contributed by atoms with E-state index < -0.39 is 29.5 Å². The number of nitrogens with one attached hydrogen (secondary N) is 1. The van der Waals surface area contributed by atoms with Gasteiger partial charge in [0.15, 0.2) is 0 Å². The third-order valence-electron chi connectivity index (χ3n) is 4.44. The number of anilines is 1. The van der Waals surface area contributed by atoms with Crippen LogP contribution in [0.2, 0.25) is 0 Å². The number of nitrogens with two attached hydrogens (primary N) is 1. The van der Waals surface area contributed by atoms with Gasteiger partial charge in [-0.2, -0.15) is 13.2 Å². The van der Waals surface area contributed by atoms with Crippen LogP contribution in [0.1, 0.15) is 16.7 Å². The summed E-state index contributed by atoms with van der Waals surface area (Å²) < 4.78 is 56.7. The number of aromatic nitrogens is 1. The highest BCUT2D eigenvalue weighted by Gasteiger charge is 2.30. The standard InChI is InChI=1S/C22H19F4N3O2/c1-13-2-6-16(11-18(13)23)29-21(30)19(27)10-14-3-7-17(8-4-14)31-20-9-5-15(12-28-20)22(24,25)26/h2-9,11-12,19H,10,27H2,1H3,(H,29,30). The first kappa shape index (κ1) is 22.2. The second kappa shape index (κ2) is 9.13. The molecule has 162 valence electrons. The molecule has 0 fully saturated rings. The number of amides is 1. The van der Waals surface area contributed by atoms with Gasteiger partial charge in [-0.15, -0.1) is 0 Å². The van der Waals surface area contributed by atoms with Crippen molar-refractivity contribution in [2.24, 2.45) is 5.73 Å². The Labute approximate surface area is 175 Å². The van der Waals surface area contributed by atoms with E-state index in [1.165, 1.54) is 6.07 Å². The number of rotatable bonds is 6. The summed E-state index contributed by atoms with van der Waals surface area (Å²) in [4.78, 5) is 15.9. The zero-order valence-electron chi connectivity index (χ0n) is 16.4. The van der Waals surface area contributed by atoms with Crippen molar-refractivity contribution in [3.63, 3.8) is 0 Å². The molecule has 0 aliphatic carbocycles. The fourth-order valence-electron chi connectivity index (χ4n) is 2.67. The van der Waals surface area contributed by atoms with E-state index in [1.54, 1.807) is 43.3 Å². The molecule has 0 spiro atoms. The van der Waals surface area contributed by atoms with Crippen molar-refractivity contribution in [3.05, 3.63) is 83.3 Å². The minimum Gasteiger partial charge on any atom is -0.439 e. The predicted octanol–water partition coefficient (Wildman–Crippen LogP) is 4.85. The number of hydrogen-bond donors (Lipinski definition) is 2. The Balaban J connectivity index is 1.57. The lowest BCUT2D eigenvalue weighted by Gasteiger charge is -2.13. The van der Waals surface area contributed by atoms with Crippen LogP contribution in [0, 0.1) is 12.7 Å². The molecular formula is C22H19F4N3O2. The number of pyridine rings is 1. The molecule has 5 nitrogen and oxygen atoms in total. The number of carbonyl (C=O) groups is 1. The fourth-order valence-corrected chi connectivity index (χ4v) is 2.67. The van der Waals surface area contributed by atoms with Gasteiger partial charge >= 0.3 is 6.18 Å². The third kappa shape index (κ3) is 6.02. The maximum absolute atomic E-state index is 13.6. The number of nitrogens with zero attached hydrogens (tertiary/aromatic N) is 1. The van der Waals surface area contributed by atoms with Crippen LogP contribution >= 0.6 is 0 Å². The normalized spacial score (nSPS) is 12.3. The second-order valence-corrected chi connectivity index (χ2v) is 6.89. The quantitative estimate of drug-likeness (QED) is 0.545. The molecule has 1 amide bonds. The third-order valence-corrected chi connectivity index (χ3v) is 4.44. The first-order chi connectivity index (χ1) is 14.6. The van der Waals surface area contributed by atoms with E-state index in [9.17, 15) is 22.4 Å². The summed E-state index contributed by atoms with van der Waals surface area (Å²) in [6, 6.07) is 12.1. The topological polar surface area (TPSA) is 77.2 Å². The Morgan fingerprint density at radius 1 is 1.13 bits per heavy atom. The van der Waals surface area contributed by atoms with E-state index in [4.69, 9.17) is 10.5 Å². The van der Waals surface area contributed by atoms with Gasteiger partial charge in [-0.05, 0) is 54.8 Å². The summed E-state index contributed by atoms with van der Waals surface area (Å²) in [6.45, 7) is 1.62. The Kier molecular flexibility index (Phi) is 6.55. The molecule has 0 aliphatic heterocycles. The van der Waals surface area contributed by atoms with Crippen LogP contribution in [0.25, 0.3) is 0 Å². The number of halogens is 4. The van der Waals surface area contributed by atoms with Crippen molar-refractivity contribution in [2.45, 2.75) is 25.6 Å². The molecule has 0 radical (unpaired) electrons. The van der Waals surface area contributed by atoms with Crippen LogP contribution in [0.3, 0.4) is 0 Å². The van der Waals surface area contributed by atoms with Gasteiger partial charge in [0.05, 0.1) is 11.6 Å². The van der Waals surface area contributed by atoms with E-state index in [2.05, 4.69) is 10.3 Å². The van der Waals surface area contributed by atoms with Gasteiger partial charge in [0.25, 0.3) is 0 Å². The monoisotopic (exact) mass is 433 g/mol. The molecule has 0 saturated heterocycles. The number of aryl methyl sites for hydroxylation is 1. The van der Waals surface area contributed by atoms with Crippen LogP contribution in [-0.4, -0.2) is 16.9 Å². The highest BCUT2D eigenvalue weighted by Crippen LogP contribution is 2.30. The first-order valence-corrected chi connectivity index (χ1v) is 9.24. The zero-order valence-corrected chi connectivity index (χ0v) is 16.4. The van der Waals surface area contributed by atoms with E-state index in [0.29, 0.717) is 23.2 Å². The maximum atomic E-state index is 13.6. The molecule has 0 bridgehead atoms. The Hall–Kier alpha value is -3.46. The lowest BCUT2D eigenvalue weighted by Crippen LogP contribution is -2.37. The average Bonchev–Trinajstić information content (AvgIpc) is 2.72. The van der Waals surface area contributed by atoms with Gasteiger partial charge in [0, 0.05) is 18.0 Å². The largest absolute Gasteiger partial charge is 0.439 e. The minimum atomic E-state index is -4.47. The number of hydrogen-bond acceptors (Lipinski definition) is 4. The van der Waals surface area contributed by atoms with E-state index in [1.807, 2.05) is 0 Å². The molecule has 0 saturated carbocycles. The van der Waals surface area contributed by atoms with Gasteiger partial charge in [-0.25, -0.2) is 9.37 Å². The van der Waals surface area contributed by atoms with E-state index in [0.717, 1.165) is 17.7 Å². The number of alkyl halides is 3. The van der Waals surface area contributed by atoms with Crippen molar-refractivity contribution in [1.29, 1.82) is 0 Å². The van der Waals surface area contributed by atoms with Crippen LogP contribution in [-0.2, 0) is 17.4 Å². The van der Waals surface area contributed by atoms with Crippen molar-refractivity contribution in [3.8, 4) is 11.6 Å². The van der Waals surface area contributed by atoms with E-state index >= 15 is 0 Å². The number of benzene rings is 2. The lowest BCUT2D eigenvalue weighted by molar-refractivity contribution is -0.137. The van der Waals surface area contributed by atoms with Gasteiger partial charge in [-0.1, -0.05) is 18.2 Å². The lowest BCUT2D eigenvalue weighted by atomic mass is 10.1. The van der Waals surface area contributed by atoms with Gasteiger partial charge in [0.2, 0.25) is 11.8 Å². The summed E-state index contributed by atoms with van der Waals surface area (Å²) in [5, 5.41) is 2.57. The van der Waals surface area contributed by atoms with Crippen LogP contribution < -0.4 is 15.8 Å². The summed E-state index contributed by atoms with van der Waals surface area (Å²) in [5.41, 5.74) is 6.60. The summed E-state index contributed by atoms with van der Waals surface area (Å²) in [5.74, 6) is -0.506. The summed E-state index contributed by atoms with van der Waals surface area (Å²) >= 11 is 0. The second-order valence-electron chi connectivity index (χ2n) is 6.89. The molecule has 31 heavy (non-hydrogen) atoms. The molecule has 3 N–H and O–H groups in total. The Morgan fingerprint density at radius 2 is 1.84 bits per heavy atom. The molecule has 1 unspecified atom stereocenters. The zero-order chi connectivity index (χ0) is 22.6. The van der Waals surface area contributed by atoms with Crippen molar-refractivity contribution in [2.75, 3.05) is 5.32 Å². The van der Waals surface area contributed by atoms with Crippen LogP contribution in [0.5, 0.6) is 11.6 Å². The Bertz CT molecular complexity index is 1050. The van der Waals surface area contributed by atoms with Crippen LogP contribution in [0.4, 0.5) is 23.2 Å². The van der Waals surface area contributed by atoms with Gasteiger partial charge in [0.1, 0.15) is 11.6 Å². The molecule has 2 aromatic carbocycles. The highest BCUT2D eigenvalue weighted by atomic mass is 19.4. The molecule has 3 rings (SSSR count). The van der Waals surface area contributed by atoms with Crippen molar-refractivity contribution in [1.82, 2.24) is 4.98 Å². The van der Waals surface area contributed by atoms with E-state index in [-0.39, 0.29) is 12.3 Å². The van der Waals surface area contributed by atoms with Gasteiger partial charge in [-0.3, -0.25) is 4.79 Å². The smallest absolute Gasteiger partial charge is 0.417 e. The first-order valence-electron chi connectivity index (χ1n) is 9.24. The van der Waals surface area contributed by atoms with Gasteiger partial charge < -0.3 is 15.8 Å². The summed E-state index contributed by atoms with van der Waals surface area (Å²) in [7, 11) is 0. The molecular weight excluding hydrogens is 414 g/mol. The molecule has 1 atom stereocenters. The molecule has 1 heterocycles. The SMILES string of the molecule is Cc1ccc(NC(=O)C(N)Cc2ccc(Oc3ccc(C(F)(F)F)cn3)cc2)cc1F. The van der Waals surface area contributed by atoms with Crippen molar-refractivity contribution >= 4 is 11.6 Å². The van der Waals surface area contributed by atoms with Crippen molar-refractivity contribution < 1.29 is 27.1 Å². The fraction of sp³-hybridized carbons (Fsp3) is 0.182. The molecule has 3 aromatic rings. The molecule has 0 aliphatic rings. The maximum Gasteiger partial charge on any atom is 0.417 e. The molecule has 9 heteroatoms. The summed E-state index contributed by atoms with van der Waals surface area (Å²) in [6.07, 6.45) is -3.55. The molecule has 1 aromatic heterocycles. The number of ether oxygens (including phenoxy) is 1.